The molecule has 7 nitrogen and oxygen atoms in total. The highest BCUT2D eigenvalue weighted by atomic mass is 16.6. The highest BCUT2D eigenvalue weighted by molar-refractivity contribution is 5.67. The predicted molar refractivity (Wildman–Crippen MR) is 71.6 cm³/mol. The Morgan fingerprint density at radius 3 is 2.74 bits per heavy atom. The summed E-state index contributed by atoms with van der Waals surface area (Å²) in [6, 6.07) is 0. The van der Waals surface area contributed by atoms with E-state index in [1.165, 1.54) is 0 Å². The van der Waals surface area contributed by atoms with Crippen LogP contribution in [0.4, 0.5) is 4.79 Å². The molecule has 1 aromatic heterocycles. The first kappa shape index (κ1) is 15.4. The number of hydrogen-bond donors (Lipinski definition) is 2. The molecule has 0 bridgehead atoms. The lowest BCUT2D eigenvalue weighted by molar-refractivity contribution is 0.0527. The van der Waals surface area contributed by atoms with Gasteiger partial charge < -0.3 is 15.4 Å². The molecule has 0 fully saturated rings. The Kier molecular flexibility index (Phi) is 5.75. The molecular formula is C12H23N5O2. The number of nitrogens with zero attached hydrogens (tertiary/aromatic N) is 3. The number of carbonyl (C=O) groups excluding carboxylic acids is 1. The molecule has 0 spiro atoms. The first-order valence-electron chi connectivity index (χ1n) is 6.39. The molecule has 0 aliphatic heterocycles. The SMILES string of the molecule is Cn1cc(CNCCCNC(=O)OC(C)(C)C)nn1. The summed E-state index contributed by atoms with van der Waals surface area (Å²) in [6.45, 7) is 7.59. The number of carbonyl (C=O) groups is 1. The summed E-state index contributed by atoms with van der Waals surface area (Å²) >= 11 is 0. The zero-order valence-electron chi connectivity index (χ0n) is 12.1. The fraction of sp³-hybridized carbons (Fsp3) is 0.750. The Hall–Kier alpha value is -1.63. The smallest absolute Gasteiger partial charge is 0.407 e. The molecule has 1 aromatic rings. The third kappa shape index (κ3) is 7.40. The monoisotopic (exact) mass is 269 g/mol. The molecule has 0 aromatic carbocycles. The van der Waals surface area contributed by atoms with Crippen molar-refractivity contribution in [1.82, 2.24) is 25.6 Å². The van der Waals surface area contributed by atoms with Crippen molar-refractivity contribution in [2.24, 2.45) is 7.05 Å². The van der Waals surface area contributed by atoms with Crippen molar-refractivity contribution < 1.29 is 9.53 Å². The van der Waals surface area contributed by atoms with Crippen molar-refractivity contribution in [2.75, 3.05) is 13.1 Å². The van der Waals surface area contributed by atoms with Gasteiger partial charge in [0.05, 0.1) is 5.69 Å². The fourth-order valence-electron chi connectivity index (χ4n) is 1.41. The average Bonchev–Trinajstić information content (AvgIpc) is 2.67. The molecule has 2 N–H and O–H groups in total. The van der Waals surface area contributed by atoms with Gasteiger partial charge in [-0.3, -0.25) is 4.68 Å². The highest BCUT2D eigenvalue weighted by Gasteiger charge is 2.15. The summed E-state index contributed by atoms with van der Waals surface area (Å²) in [7, 11) is 1.83. The van der Waals surface area contributed by atoms with Crippen LogP contribution in [0, 0.1) is 0 Å². The van der Waals surface area contributed by atoms with E-state index in [2.05, 4.69) is 20.9 Å². The van der Waals surface area contributed by atoms with Crippen molar-refractivity contribution in [3.63, 3.8) is 0 Å². The molecule has 1 amide bonds. The van der Waals surface area contributed by atoms with E-state index in [1.54, 1.807) is 4.68 Å². The molecule has 108 valence electrons. The van der Waals surface area contributed by atoms with Crippen LogP contribution in [0.1, 0.15) is 32.9 Å². The van der Waals surface area contributed by atoms with Gasteiger partial charge in [0.1, 0.15) is 5.60 Å². The van der Waals surface area contributed by atoms with E-state index in [0.717, 1.165) is 18.7 Å². The molecule has 7 heteroatoms. The van der Waals surface area contributed by atoms with Gasteiger partial charge in [-0.1, -0.05) is 5.21 Å². The summed E-state index contributed by atoms with van der Waals surface area (Å²) < 4.78 is 6.79. The molecule has 19 heavy (non-hydrogen) atoms. The standard InChI is InChI=1S/C12H23N5O2/c1-12(2,3)19-11(18)14-7-5-6-13-8-10-9-17(4)16-15-10/h9,13H,5-8H2,1-4H3,(H,14,18). The van der Waals surface area contributed by atoms with Crippen molar-refractivity contribution in [2.45, 2.75) is 39.3 Å². The number of amides is 1. The minimum atomic E-state index is -0.450. The third-order valence-corrected chi connectivity index (χ3v) is 2.15. The molecule has 0 saturated carbocycles. The number of ether oxygens (including phenoxy) is 1. The minimum Gasteiger partial charge on any atom is -0.444 e. The van der Waals surface area contributed by atoms with Gasteiger partial charge in [0.2, 0.25) is 0 Å². The third-order valence-electron chi connectivity index (χ3n) is 2.15. The summed E-state index contributed by atoms with van der Waals surface area (Å²) in [5.74, 6) is 0. The van der Waals surface area contributed by atoms with Crippen LogP contribution >= 0.6 is 0 Å². The van der Waals surface area contributed by atoms with Crippen LogP contribution in [0.25, 0.3) is 0 Å². The number of alkyl carbamates (subject to hydrolysis) is 1. The lowest BCUT2D eigenvalue weighted by atomic mass is 10.2. The minimum absolute atomic E-state index is 0.374. The van der Waals surface area contributed by atoms with Gasteiger partial charge in [0, 0.05) is 26.3 Å². The van der Waals surface area contributed by atoms with E-state index in [1.807, 2.05) is 34.0 Å². The van der Waals surface area contributed by atoms with Crippen molar-refractivity contribution in [3.8, 4) is 0 Å². The maximum absolute atomic E-state index is 11.3. The molecule has 0 unspecified atom stereocenters. The van der Waals surface area contributed by atoms with E-state index in [-0.39, 0.29) is 6.09 Å². The molecule has 0 saturated heterocycles. The number of nitrogens with one attached hydrogen (secondary N) is 2. The lowest BCUT2D eigenvalue weighted by Gasteiger charge is -2.19. The van der Waals surface area contributed by atoms with Crippen LogP contribution in [0.15, 0.2) is 6.20 Å². The van der Waals surface area contributed by atoms with Gasteiger partial charge in [-0.2, -0.15) is 0 Å². The molecule has 0 atom stereocenters. The Balaban J connectivity index is 2.01. The number of aryl methyl sites for hydroxylation is 1. The Morgan fingerprint density at radius 1 is 1.42 bits per heavy atom. The molecular weight excluding hydrogens is 246 g/mol. The molecule has 0 radical (unpaired) electrons. The topological polar surface area (TPSA) is 81.1 Å². The number of aromatic nitrogens is 3. The van der Waals surface area contributed by atoms with Gasteiger partial charge in [-0.15, -0.1) is 5.10 Å². The van der Waals surface area contributed by atoms with Gasteiger partial charge in [0.15, 0.2) is 0 Å². The molecule has 0 aliphatic rings. The lowest BCUT2D eigenvalue weighted by Crippen LogP contribution is -2.33. The number of hydrogen-bond acceptors (Lipinski definition) is 5. The Labute approximate surface area is 113 Å². The summed E-state index contributed by atoms with van der Waals surface area (Å²) in [4.78, 5) is 11.3. The zero-order chi connectivity index (χ0) is 14.3. The quantitative estimate of drug-likeness (QED) is 0.747. The van der Waals surface area contributed by atoms with E-state index in [9.17, 15) is 4.79 Å². The second-order valence-corrected chi connectivity index (χ2v) is 5.34. The Bertz CT molecular complexity index is 397. The summed E-state index contributed by atoms with van der Waals surface area (Å²) in [5.41, 5.74) is 0.455. The van der Waals surface area contributed by atoms with Crippen LogP contribution in [0.5, 0.6) is 0 Å². The van der Waals surface area contributed by atoms with Gasteiger partial charge in [-0.25, -0.2) is 4.79 Å². The second kappa shape index (κ2) is 7.08. The van der Waals surface area contributed by atoms with Crippen LogP contribution in [0.3, 0.4) is 0 Å². The average molecular weight is 269 g/mol. The normalized spacial score (nSPS) is 11.4. The zero-order valence-corrected chi connectivity index (χ0v) is 12.1. The van der Waals surface area contributed by atoms with Crippen LogP contribution in [-0.4, -0.2) is 39.8 Å². The second-order valence-electron chi connectivity index (χ2n) is 5.34. The maximum atomic E-state index is 11.3. The van der Waals surface area contributed by atoms with Gasteiger partial charge >= 0.3 is 6.09 Å². The Morgan fingerprint density at radius 2 is 2.16 bits per heavy atom. The van der Waals surface area contributed by atoms with E-state index in [4.69, 9.17) is 4.74 Å². The molecule has 1 heterocycles. The molecule has 1 rings (SSSR count). The molecule has 0 aliphatic carbocycles. The maximum Gasteiger partial charge on any atom is 0.407 e. The summed E-state index contributed by atoms with van der Waals surface area (Å²) in [5, 5.41) is 13.7. The van der Waals surface area contributed by atoms with E-state index in [0.29, 0.717) is 13.1 Å². The van der Waals surface area contributed by atoms with Crippen molar-refractivity contribution in [1.29, 1.82) is 0 Å². The van der Waals surface area contributed by atoms with Crippen molar-refractivity contribution >= 4 is 6.09 Å². The van der Waals surface area contributed by atoms with Crippen LogP contribution < -0.4 is 10.6 Å². The van der Waals surface area contributed by atoms with E-state index < -0.39 is 5.60 Å². The predicted octanol–water partition coefficient (Wildman–Crippen LogP) is 0.819. The van der Waals surface area contributed by atoms with Crippen LogP contribution in [0.2, 0.25) is 0 Å². The highest BCUT2D eigenvalue weighted by Crippen LogP contribution is 2.06. The van der Waals surface area contributed by atoms with Crippen molar-refractivity contribution in [3.05, 3.63) is 11.9 Å². The first-order valence-corrected chi connectivity index (χ1v) is 6.39. The largest absolute Gasteiger partial charge is 0.444 e. The van der Waals surface area contributed by atoms with Gasteiger partial charge in [-0.05, 0) is 33.7 Å². The number of rotatable bonds is 6. The van der Waals surface area contributed by atoms with E-state index >= 15 is 0 Å². The summed E-state index contributed by atoms with van der Waals surface area (Å²) in [6.07, 6.45) is 2.33. The van der Waals surface area contributed by atoms with Gasteiger partial charge in [0.25, 0.3) is 0 Å². The van der Waals surface area contributed by atoms with Crippen LogP contribution in [-0.2, 0) is 18.3 Å². The first-order chi connectivity index (χ1) is 8.87. The fourth-order valence-corrected chi connectivity index (χ4v) is 1.41.